The van der Waals surface area contributed by atoms with Gasteiger partial charge in [-0.2, -0.15) is 0 Å². The molecule has 0 radical (unpaired) electrons. The van der Waals surface area contributed by atoms with Crippen molar-refractivity contribution in [2.24, 2.45) is 0 Å². The van der Waals surface area contributed by atoms with E-state index in [-0.39, 0.29) is 11.5 Å². The maximum Gasteiger partial charge on any atom is 0.134 e. The van der Waals surface area contributed by atoms with Crippen molar-refractivity contribution in [3.8, 4) is 67.9 Å². The molecule has 6 rings (SSSR count). The number of rotatable bonds is 11. The van der Waals surface area contributed by atoms with Crippen LogP contribution in [0.2, 0.25) is 0 Å². The normalized spacial score (nSPS) is 11.1. The van der Waals surface area contributed by atoms with Gasteiger partial charge in [0.15, 0.2) is 0 Å². The Balaban J connectivity index is 1.42. The van der Waals surface area contributed by atoms with Gasteiger partial charge in [0.05, 0.1) is 34.2 Å². The van der Waals surface area contributed by atoms with Crippen LogP contribution in [-0.2, 0) is 12.8 Å². The van der Waals surface area contributed by atoms with Crippen molar-refractivity contribution in [3.05, 3.63) is 109 Å². The highest BCUT2D eigenvalue weighted by Gasteiger charge is 2.18. The Labute approximate surface area is 269 Å². The van der Waals surface area contributed by atoms with Crippen molar-refractivity contribution in [1.82, 2.24) is 29.9 Å². The summed E-state index contributed by atoms with van der Waals surface area (Å²) in [7, 11) is 0. The molecule has 8 nitrogen and oxygen atoms in total. The fourth-order valence-corrected chi connectivity index (χ4v) is 5.57. The quantitative estimate of drug-likeness (QED) is 0.150. The number of phenolic OH excluding ortho intramolecular Hbond substituents is 2. The highest BCUT2D eigenvalue weighted by atomic mass is 16.3. The molecule has 4 heterocycles. The summed E-state index contributed by atoms with van der Waals surface area (Å²) in [4.78, 5) is 26.8. The predicted molar refractivity (Wildman–Crippen MR) is 181 cm³/mol. The first kappa shape index (κ1) is 30.5. The summed E-state index contributed by atoms with van der Waals surface area (Å²) >= 11 is 0. The molecule has 2 N–H and O–H groups in total. The van der Waals surface area contributed by atoms with Crippen molar-refractivity contribution >= 4 is 0 Å². The first-order valence-corrected chi connectivity index (χ1v) is 15.8. The Kier molecular flexibility index (Phi) is 9.34. The van der Waals surface area contributed by atoms with Gasteiger partial charge in [0.25, 0.3) is 0 Å². The summed E-state index contributed by atoms with van der Waals surface area (Å²) in [5.41, 5.74) is 8.65. The molecule has 4 aromatic heterocycles. The van der Waals surface area contributed by atoms with Crippen LogP contribution in [0.5, 0.6) is 11.5 Å². The van der Waals surface area contributed by atoms with Crippen molar-refractivity contribution < 1.29 is 10.2 Å². The Bertz CT molecular complexity index is 1810. The van der Waals surface area contributed by atoms with Gasteiger partial charge in [0.1, 0.15) is 24.2 Å². The largest absolute Gasteiger partial charge is 0.507 e. The van der Waals surface area contributed by atoms with E-state index < -0.39 is 0 Å². The number of hydrogen-bond acceptors (Lipinski definition) is 8. The minimum absolute atomic E-state index is 0.122. The molecule has 0 fully saturated rings. The third-order valence-corrected chi connectivity index (χ3v) is 8.01. The molecular formula is C38H36N6O2. The fraction of sp³-hybridized carbons (Fsp3) is 0.211. The number of unbranched alkanes of at least 4 members (excludes halogenated alkanes) is 2. The van der Waals surface area contributed by atoms with Gasteiger partial charge in [-0.15, -0.1) is 0 Å². The first-order valence-electron chi connectivity index (χ1n) is 15.8. The van der Waals surface area contributed by atoms with Crippen LogP contribution in [0.1, 0.15) is 50.7 Å². The highest BCUT2D eigenvalue weighted by molar-refractivity contribution is 5.82. The number of aromatic hydroxyl groups is 2. The second kappa shape index (κ2) is 14.1. The monoisotopic (exact) mass is 608 g/mol. The van der Waals surface area contributed by atoms with Crippen LogP contribution in [0.15, 0.2) is 97.8 Å². The highest BCUT2D eigenvalue weighted by Crippen LogP contribution is 2.40. The lowest BCUT2D eigenvalue weighted by molar-refractivity contribution is 0.478. The number of aryl methyl sites for hydroxylation is 2. The third kappa shape index (κ3) is 6.61. The van der Waals surface area contributed by atoms with E-state index in [9.17, 15) is 10.2 Å². The summed E-state index contributed by atoms with van der Waals surface area (Å²) in [6.07, 6.45) is 12.3. The zero-order valence-electron chi connectivity index (χ0n) is 26.1. The van der Waals surface area contributed by atoms with E-state index in [0.717, 1.165) is 49.7 Å². The molecule has 0 unspecified atom stereocenters. The SMILES string of the molecule is CCCCc1cc(-c2ccncn2)c(O)c(-c2cccc(-c3cccc(-c4cc(CCCC)cc(-c5ccncn5)c4O)n3)n2)c1. The van der Waals surface area contributed by atoms with Gasteiger partial charge in [-0.1, -0.05) is 38.8 Å². The number of aromatic nitrogens is 6. The van der Waals surface area contributed by atoms with Gasteiger partial charge in [-0.3, -0.25) is 0 Å². The molecule has 8 heteroatoms. The van der Waals surface area contributed by atoms with Crippen LogP contribution in [-0.4, -0.2) is 40.1 Å². The number of pyridine rings is 2. The average molecular weight is 609 g/mol. The molecule has 0 atom stereocenters. The molecule has 0 aliphatic carbocycles. The van der Waals surface area contributed by atoms with E-state index in [1.54, 1.807) is 24.5 Å². The van der Waals surface area contributed by atoms with Gasteiger partial charge in [-0.05, 0) is 97.5 Å². The Morgan fingerprint density at radius 1 is 0.500 bits per heavy atom. The Morgan fingerprint density at radius 3 is 1.26 bits per heavy atom. The topological polar surface area (TPSA) is 118 Å². The van der Waals surface area contributed by atoms with Crippen molar-refractivity contribution in [2.75, 3.05) is 0 Å². The van der Waals surface area contributed by atoms with Crippen LogP contribution in [0.25, 0.3) is 56.4 Å². The Morgan fingerprint density at radius 2 is 0.891 bits per heavy atom. The van der Waals surface area contributed by atoms with Crippen LogP contribution in [0.3, 0.4) is 0 Å². The van der Waals surface area contributed by atoms with Crippen LogP contribution in [0.4, 0.5) is 0 Å². The maximum absolute atomic E-state index is 11.5. The summed E-state index contributed by atoms with van der Waals surface area (Å²) in [6, 6.07) is 23.1. The van der Waals surface area contributed by atoms with Crippen molar-refractivity contribution in [1.29, 1.82) is 0 Å². The molecule has 0 bridgehead atoms. The molecule has 0 aliphatic heterocycles. The van der Waals surface area contributed by atoms with E-state index in [4.69, 9.17) is 9.97 Å². The standard InChI is InChI=1S/C38H36N6O2/c1-3-5-9-25-19-27(31-15-17-39-23-41-31)37(45)29(21-25)33-11-7-13-35(43-33)36-14-8-12-34(44-36)30-22-26(10-6-4-2)20-28(38(30)46)32-16-18-40-24-42-32/h7-8,11-24,45-46H,3-6,9-10H2,1-2H3. The number of hydrogen-bond donors (Lipinski definition) is 2. The van der Waals surface area contributed by atoms with Gasteiger partial charge < -0.3 is 10.2 Å². The van der Waals surface area contributed by atoms with Gasteiger partial charge in [-0.25, -0.2) is 29.9 Å². The molecular weight excluding hydrogens is 572 g/mol. The van der Waals surface area contributed by atoms with E-state index >= 15 is 0 Å². The van der Waals surface area contributed by atoms with E-state index in [1.807, 2.05) is 60.7 Å². The van der Waals surface area contributed by atoms with Crippen LogP contribution < -0.4 is 0 Å². The summed E-state index contributed by atoms with van der Waals surface area (Å²) in [5, 5.41) is 23.0. The molecule has 230 valence electrons. The lowest BCUT2D eigenvalue weighted by Crippen LogP contribution is -1.97. The molecule has 0 spiro atoms. The van der Waals surface area contributed by atoms with Gasteiger partial charge in [0.2, 0.25) is 0 Å². The summed E-state index contributed by atoms with van der Waals surface area (Å²) < 4.78 is 0. The summed E-state index contributed by atoms with van der Waals surface area (Å²) in [5.74, 6) is 0.243. The summed E-state index contributed by atoms with van der Waals surface area (Å²) in [6.45, 7) is 4.33. The van der Waals surface area contributed by atoms with Crippen molar-refractivity contribution in [2.45, 2.75) is 52.4 Å². The number of phenols is 2. The number of benzene rings is 2. The third-order valence-electron chi connectivity index (χ3n) is 8.01. The molecule has 0 aliphatic rings. The predicted octanol–water partition coefficient (Wildman–Crippen LogP) is 8.49. The second-order valence-corrected chi connectivity index (χ2v) is 11.3. The average Bonchev–Trinajstić information content (AvgIpc) is 3.11. The molecule has 2 aromatic carbocycles. The van der Waals surface area contributed by atoms with Crippen LogP contribution in [0, 0.1) is 0 Å². The molecule has 0 amide bonds. The molecule has 6 aromatic rings. The molecule has 46 heavy (non-hydrogen) atoms. The molecule has 0 saturated carbocycles. The number of nitrogens with zero attached hydrogens (tertiary/aromatic N) is 6. The minimum atomic E-state index is 0.122. The van der Waals surface area contributed by atoms with Crippen molar-refractivity contribution in [3.63, 3.8) is 0 Å². The smallest absolute Gasteiger partial charge is 0.134 e. The minimum Gasteiger partial charge on any atom is -0.507 e. The zero-order valence-corrected chi connectivity index (χ0v) is 26.1. The Hall–Kier alpha value is -5.50. The maximum atomic E-state index is 11.5. The van der Waals surface area contributed by atoms with Crippen LogP contribution >= 0.6 is 0 Å². The van der Waals surface area contributed by atoms with Gasteiger partial charge >= 0.3 is 0 Å². The van der Waals surface area contributed by atoms with E-state index in [1.165, 1.54) is 12.7 Å². The zero-order chi connectivity index (χ0) is 31.9. The lowest BCUT2D eigenvalue weighted by atomic mass is 9.96. The first-order chi connectivity index (χ1) is 22.6. The van der Waals surface area contributed by atoms with Gasteiger partial charge in [0, 0.05) is 34.6 Å². The second-order valence-electron chi connectivity index (χ2n) is 11.3. The fourth-order valence-electron chi connectivity index (χ4n) is 5.57. The van der Waals surface area contributed by atoms with E-state index in [2.05, 4.69) is 33.8 Å². The molecule has 0 saturated heterocycles. The van der Waals surface area contributed by atoms with E-state index in [0.29, 0.717) is 56.4 Å². The lowest BCUT2D eigenvalue weighted by Gasteiger charge is -2.14.